The molecule has 6 nitrogen and oxygen atoms in total. The van der Waals surface area contributed by atoms with E-state index in [2.05, 4.69) is 37.5 Å². The molecule has 1 atom stereocenters. The Morgan fingerprint density at radius 2 is 1.76 bits per heavy atom. The van der Waals surface area contributed by atoms with Gasteiger partial charge in [0, 0.05) is 23.2 Å². The van der Waals surface area contributed by atoms with Gasteiger partial charge in [0.15, 0.2) is 0 Å². The Morgan fingerprint density at radius 3 is 2.48 bits per heavy atom. The van der Waals surface area contributed by atoms with Crippen molar-refractivity contribution in [2.24, 2.45) is 0 Å². The molecular formula is C22H24IN3O3. The quantitative estimate of drug-likeness (QED) is 0.502. The molecule has 0 unspecified atom stereocenters. The van der Waals surface area contributed by atoms with Crippen LogP contribution in [0.3, 0.4) is 0 Å². The summed E-state index contributed by atoms with van der Waals surface area (Å²) in [6.07, 6.45) is 2.22. The molecule has 1 fully saturated rings. The standard InChI is InChI=1S/C22H24IN3O3/c23-16-5-7-18(8-6-16)29-15-17(27)14-26-11-9-22(28,10-12-26)21-13-24-19-3-1-2-4-20(19)25-21/h1-8,13,17,27-28H,9-12,14-15H2/t17-/m0/s1. The van der Waals surface area contributed by atoms with Gasteiger partial charge >= 0.3 is 0 Å². The van der Waals surface area contributed by atoms with Crippen LogP contribution in [0.5, 0.6) is 5.75 Å². The molecule has 7 heteroatoms. The normalized spacial score (nSPS) is 17.9. The molecule has 1 aromatic heterocycles. The van der Waals surface area contributed by atoms with Crippen LogP contribution in [0, 0.1) is 3.57 Å². The van der Waals surface area contributed by atoms with Gasteiger partial charge in [-0.15, -0.1) is 0 Å². The number of fused-ring (bicyclic) bond motifs is 1. The summed E-state index contributed by atoms with van der Waals surface area (Å²) >= 11 is 2.25. The van der Waals surface area contributed by atoms with Crippen LogP contribution < -0.4 is 4.74 Å². The first kappa shape index (κ1) is 20.5. The van der Waals surface area contributed by atoms with E-state index in [1.54, 1.807) is 6.20 Å². The van der Waals surface area contributed by atoms with E-state index < -0.39 is 11.7 Å². The summed E-state index contributed by atoms with van der Waals surface area (Å²) < 4.78 is 6.81. The first-order chi connectivity index (χ1) is 14.0. The highest BCUT2D eigenvalue weighted by Crippen LogP contribution is 2.32. The van der Waals surface area contributed by atoms with Gasteiger partial charge in [0.1, 0.15) is 24.1 Å². The average molecular weight is 505 g/mol. The fraction of sp³-hybridized carbons (Fsp3) is 0.364. The number of rotatable bonds is 6. The molecule has 1 aliphatic rings. The zero-order valence-electron chi connectivity index (χ0n) is 16.0. The number of para-hydroxylation sites is 2. The highest BCUT2D eigenvalue weighted by molar-refractivity contribution is 14.1. The van der Waals surface area contributed by atoms with Crippen LogP contribution in [0.25, 0.3) is 11.0 Å². The third-order valence-electron chi connectivity index (χ3n) is 5.33. The Balaban J connectivity index is 1.30. The molecule has 0 aliphatic carbocycles. The number of nitrogens with zero attached hydrogens (tertiary/aromatic N) is 3. The number of likely N-dealkylation sites (tertiary alicyclic amines) is 1. The first-order valence-corrected chi connectivity index (χ1v) is 10.8. The van der Waals surface area contributed by atoms with Crippen LogP contribution in [0.2, 0.25) is 0 Å². The van der Waals surface area contributed by atoms with Gasteiger partial charge in [0.2, 0.25) is 0 Å². The number of ether oxygens (including phenoxy) is 1. The number of benzene rings is 2. The number of hydrogen-bond acceptors (Lipinski definition) is 6. The number of β-amino-alcohol motifs (C(OH)–C–C–N with tert-alkyl or cyclic N) is 1. The van der Waals surface area contributed by atoms with Gasteiger partial charge in [-0.1, -0.05) is 12.1 Å². The molecule has 2 N–H and O–H groups in total. The van der Waals surface area contributed by atoms with Crippen LogP contribution in [-0.4, -0.2) is 57.4 Å². The van der Waals surface area contributed by atoms with Crippen LogP contribution in [0.4, 0.5) is 0 Å². The molecule has 4 rings (SSSR count). The SMILES string of the molecule is O[C@H](COc1ccc(I)cc1)CN1CCC(O)(c2cnc3ccccc3n2)CC1. The van der Waals surface area contributed by atoms with Crippen molar-refractivity contribution in [2.75, 3.05) is 26.2 Å². The van der Waals surface area contributed by atoms with E-state index in [9.17, 15) is 10.2 Å². The van der Waals surface area contributed by atoms with Crippen LogP contribution in [0.1, 0.15) is 18.5 Å². The molecule has 0 bridgehead atoms. The molecule has 1 aliphatic heterocycles. The maximum Gasteiger partial charge on any atom is 0.119 e. The summed E-state index contributed by atoms with van der Waals surface area (Å²) in [7, 11) is 0. The summed E-state index contributed by atoms with van der Waals surface area (Å²) in [6.45, 7) is 2.14. The summed E-state index contributed by atoms with van der Waals surface area (Å²) in [5.74, 6) is 0.757. The second kappa shape index (κ2) is 8.91. The van der Waals surface area contributed by atoms with Gasteiger partial charge in [-0.05, 0) is 71.8 Å². The third kappa shape index (κ3) is 5.03. The van der Waals surface area contributed by atoms with Crippen LogP contribution in [0.15, 0.2) is 54.7 Å². The van der Waals surface area contributed by atoms with Gasteiger partial charge < -0.3 is 19.8 Å². The highest BCUT2D eigenvalue weighted by Gasteiger charge is 2.36. The fourth-order valence-electron chi connectivity index (χ4n) is 3.62. The average Bonchev–Trinajstić information content (AvgIpc) is 2.75. The zero-order chi connectivity index (χ0) is 20.3. The van der Waals surface area contributed by atoms with E-state index in [1.165, 1.54) is 0 Å². The van der Waals surface area contributed by atoms with Gasteiger partial charge in [0.05, 0.1) is 22.9 Å². The Hall–Kier alpha value is -1.81. The molecule has 152 valence electrons. The van der Waals surface area contributed by atoms with E-state index >= 15 is 0 Å². The number of halogens is 1. The number of aliphatic hydroxyl groups is 2. The molecule has 2 heterocycles. The second-order valence-corrected chi connectivity index (χ2v) is 8.74. The molecule has 0 spiro atoms. The fourth-order valence-corrected chi connectivity index (χ4v) is 3.98. The summed E-state index contributed by atoms with van der Waals surface area (Å²) in [4.78, 5) is 11.2. The number of aromatic nitrogens is 2. The van der Waals surface area contributed by atoms with Crippen molar-refractivity contribution >= 4 is 33.6 Å². The number of aliphatic hydroxyl groups excluding tert-OH is 1. The Morgan fingerprint density at radius 1 is 1.07 bits per heavy atom. The Kier molecular flexibility index (Phi) is 6.29. The van der Waals surface area contributed by atoms with Crippen molar-refractivity contribution < 1.29 is 14.9 Å². The largest absolute Gasteiger partial charge is 0.491 e. The van der Waals surface area contributed by atoms with Gasteiger partial charge in [0.25, 0.3) is 0 Å². The molecule has 1 saturated heterocycles. The smallest absolute Gasteiger partial charge is 0.119 e. The zero-order valence-corrected chi connectivity index (χ0v) is 18.2. The maximum atomic E-state index is 11.1. The molecule has 0 radical (unpaired) electrons. The molecule has 2 aromatic carbocycles. The van der Waals surface area contributed by atoms with Crippen molar-refractivity contribution in [3.63, 3.8) is 0 Å². The lowest BCUT2D eigenvalue weighted by Gasteiger charge is -2.38. The lowest BCUT2D eigenvalue weighted by molar-refractivity contribution is -0.0401. The lowest BCUT2D eigenvalue weighted by Crippen LogP contribution is -2.46. The minimum Gasteiger partial charge on any atom is -0.491 e. The van der Waals surface area contributed by atoms with Crippen LogP contribution in [-0.2, 0) is 5.60 Å². The van der Waals surface area contributed by atoms with Crippen molar-refractivity contribution in [1.82, 2.24) is 14.9 Å². The summed E-state index contributed by atoms with van der Waals surface area (Å²) in [5.41, 5.74) is 1.27. The topological polar surface area (TPSA) is 78.7 Å². The lowest BCUT2D eigenvalue weighted by atomic mass is 9.88. The molecule has 0 saturated carbocycles. The van der Waals surface area contributed by atoms with Gasteiger partial charge in [-0.3, -0.25) is 4.98 Å². The van der Waals surface area contributed by atoms with Crippen molar-refractivity contribution in [2.45, 2.75) is 24.5 Å². The second-order valence-electron chi connectivity index (χ2n) is 7.49. The predicted molar refractivity (Wildman–Crippen MR) is 120 cm³/mol. The summed E-state index contributed by atoms with van der Waals surface area (Å²) in [5, 5.41) is 21.4. The molecule has 29 heavy (non-hydrogen) atoms. The van der Waals surface area contributed by atoms with E-state index in [0.717, 1.165) is 20.4 Å². The maximum absolute atomic E-state index is 11.1. The Bertz CT molecular complexity index is 959. The monoisotopic (exact) mass is 505 g/mol. The number of piperidine rings is 1. The molecular weight excluding hydrogens is 481 g/mol. The van der Waals surface area contributed by atoms with Crippen molar-refractivity contribution in [3.05, 3.63) is 64.0 Å². The van der Waals surface area contributed by atoms with Crippen molar-refractivity contribution in [3.8, 4) is 5.75 Å². The summed E-state index contributed by atoms with van der Waals surface area (Å²) in [6, 6.07) is 15.4. The minimum atomic E-state index is -0.976. The number of hydrogen-bond donors (Lipinski definition) is 2. The van der Waals surface area contributed by atoms with E-state index in [1.807, 2.05) is 48.5 Å². The van der Waals surface area contributed by atoms with Gasteiger partial charge in [-0.2, -0.15) is 0 Å². The minimum absolute atomic E-state index is 0.248. The van der Waals surface area contributed by atoms with E-state index in [4.69, 9.17) is 4.74 Å². The molecule has 0 amide bonds. The first-order valence-electron chi connectivity index (χ1n) is 9.75. The van der Waals surface area contributed by atoms with Gasteiger partial charge in [-0.25, -0.2) is 4.98 Å². The predicted octanol–water partition coefficient (Wildman–Crippen LogP) is 2.96. The highest BCUT2D eigenvalue weighted by atomic mass is 127. The third-order valence-corrected chi connectivity index (χ3v) is 6.05. The van der Waals surface area contributed by atoms with Crippen molar-refractivity contribution in [1.29, 1.82) is 0 Å². The molecule has 3 aromatic rings. The Labute approximate surface area is 183 Å². The van der Waals surface area contributed by atoms with E-state index in [-0.39, 0.29) is 6.61 Å². The van der Waals surface area contributed by atoms with Crippen LogP contribution >= 0.6 is 22.6 Å². The van der Waals surface area contributed by atoms with E-state index in [0.29, 0.717) is 38.2 Å².